The van der Waals surface area contributed by atoms with Gasteiger partial charge in [-0.3, -0.25) is 0 Å². The normalized spacial score (nSPS) is 11.8. The van der Waals surface area contributed by atoms with Crippen molar-refractivity contribution in [2.45, 2.75) is 0 Å². The number of nitrogens with zero attached hydrogens (tertiary/aromatic N) is 4. The van der Waals surface area contributed by atoms with Gasteiger partial charge in [-0.15, -0.1) is 0 Å². The standard InChI is InChI=1S/C66H40N2O2.C60H40N2/c1-2-17-46(18-3-1)67-59-28-9-5-20-50(59)55-38-42(31-34-60(55)67)41-15-12-16-43(37-41)47-19-4-8-27-58(47)68-61-35-32-44(48-23-13-25-53-51-21-6-10-29-63(51)69-65(48)53)39-56(61)57-40-45(33-36-62(57)68)49-24-14-26-54-52-22-7-11-30-64(52)70-66(49)54;1-5-16-41(17-6-1)45-28-32-57-52(37-45)53-40-48(31-33-58(53)61(57)50-24-11-4-12-25-50)44-22-15-23-49(36-44)51-26-13-14-27-56(51)62-59-34-29-46(42-18-7-2-8-19-42)38-54(59)55-39-47(30-35-60(55)62)43-20-9-3-10-21-43/h1-40H;1-40H. The third-order valence-corrected chi connectivity index (χ3v) is 27.1. The van der Waals surface area contributed by atoms with Gasteiger partial charge in [-0.05, 0) is 230 Å². The fourth-order valence-corrected chi connectivity index (χ4v) is 20.9. The summed E-state index contributed by atoms with van der Waals surface area (Å²) in [5.74, 6) is 0. The molecule has 6 heteroatoms. The average Bonchev–Trinajstić information content (AvgIpc) is 1.54. The number of rotatable bonds is 13. The van der Waals surface area contributed by atoms with Gasteiger partial charge in [-0.25, -0.2) is 0 Å². The van der Waals surface area contributed by atoms with Gasteiger partial charge >= 0.3 is 0 Å². The van der Waals surface area contributed by atoms with Crippen LogP contribution in [0, 0.1) is 0 Å². The van der Waals surface area contributed by atoms with Crippen LogP contribution in [0.25, 0.3) is 254 Å². The Labute approximate surface area is 761 Å². The fraction of sp³-hybridized carbons (Fsp3) is 0. The van der Waals surface area contributed by atoms with Crippen LogP contribution < -0.4 is 0 Å². The SMILES string of the molecule is c1ccc(-c2ccc3c(c2)c2cc(-c4cccc(-c5ccccc5-n5c6ccc(-c7ccccc7)cc6c6cc(-c7ccccc7)ccc65)c4)ccc2n3-c2ccccc2)cc1.c1ccc(-n2c3ccccc3c3cc(-c4cccc(-c5ccccc5-n5c6ccc(-c7cccc8c7oc7ccccc78)cc6c6cc(-c7cccc8c7oc7ccccc78)ccc65)c4)ccc32)cc1. The Hall–Kier alpha value is -17.6. The molecule has 132 heavy (non-hydrogen) atoms. The lowest BCUT2D eigenvalue weighted by Crippen LogP contribution is -1.97. The van der Waals surface area contributed by atoms with E-state index in [2.05, 4.69) is 491 Å². The zero-order valence-electron chi connectivity index (χ0n) is 71.8. The van der Waals surface area contributed by atoms with Gasteiger partial charge in [0.05, 0.1) is 55.5 Å². The summed E-state index contributed by atoms with van der Waals surface area (Å²) in [7, 11) is 0. The molecule has 0 unspecified atom stereocenters. The van der Waals surface area contributed by atoms with Gasteiger partial charge in [-0.2, -0.15) is 0 Å². The molecule has 0 aliphatic rings. The van der Waals surface area contributed by atoms with E-state index in [4.69, 9.17) is 8.83 Å². The molecule has 21 aromatic carbocycles. The van der Waals surface area contributed by atoms with Gasteiger partial charge in [0, 0.05) is 98.3 Å². The molecule has 0 saturated carbocycles. The molecule has 6 nitrogen and oxygen atoms in total. The number of benzene rings is 21. The minimum Gasteiger partial charge on any atom is -0.455 e. The zero-order chi connectivity index (χ0) is 86.9. The number of para-hydroxylation sites is 9. The molecule has 27 aromatic rings. The summed E-state index contributed by atoms with van der Waals surface area (Å²) in [5.41, 5.74) is 38.6. The minimum absolute atomic E-state index is 0.893. The maximum atomic E-state index is 6.60. The van der Waals surface area contributed by atoms with E-state index < -0.39 is 0 Å². The molecule has 0 atom stereocenters. The molecule has 0 bridgehead atoms. The first-order valence-electron chi connectivity index (χ1n) is 45.2. The number of aromatic nitrogens is 4. The number of fused-ring (bicyclic) bond motifs is 18. The van der Waals surface area contributed by atoms with E-state index in [1.807, 2.05) is 12.1 Å². The largest absolute Gasteiger partial charge is 0.455 e. The van der Waals surface area contributed by atoms with Crippen LogP contribution in [0.15, 0.2) is 494 Å². The molecule has 0 aliphatic heterocycles. The summed E-state index contributed by atoms with van der Waals surface area (Å²) in [4.78, 5) is 0. The molecule has 0 amide bonds. The smallest absolute Gasteiger partial charge is 0.143 e. The van der Waals surface area contributed by atoms with Crippen LogP contribution in [0.1, 0.15) is 0 Å². The summed E-state index contributed by atoms with van der Waals surface area (Å²) in [6.07, 6.45) is 0. The highest BCUT2D eigenvalue weighted by molar-refractivity contribution is 6.19. The summed E-state index contributed by atoms with van der Waals surface area (Å²) in [6, 6.07) is 176. The summed E-state index contributed by atoms with van der Waals surface area (Å²) < 4.78 is 22.9. The third-order valence-electron chi connectivity index (χ3n) is 27.1. The first kappa shape index (κ1) is 75.7. The van der Waals surface area contributed by atoms with E-state index in [1.54, 1.807) is 0 Å². The Balaban J connectivity index is 0.000000139. The van der Waals surface area contributed by atoms with Gasteiger partial charge in [0.2, 0.25) is 0 Å². The Morgan fingerprint density at radius 1 is 0.129 bits per heavy atom. The van der Waals surface area contributed by atoms with E-state index in [0.29, 0.717) is 0 Å². The second kappa shape index (κ2) is 31.2. The van der Waals surface area contributed by atoms with Crippen molar-refractivity contribution < 1.29 is 8.83 Å². The molecule has 6 aromatic heterocycles. The van der Waals surface area contributed by atoms with E-state index in [0.717, 1.165) is 122 Å². The molecular weight excluding hydrogens is 1600 g/mol. The monoisotopic (exact) mass is 1680 g/mol. The first-order chi connectivity index (χ1) is 65.5. The summed E-state index contributed by atoms with van der Waals surface area (Å²) in [5, 5.41) is 14.2. The van der Waals surface area contributed by atoms with Gasteiger partial charge in [0.1, 0.15) is 22.3 Å². The van der Waals surface area contributed by atoms with Crippen LogP contribution in [-0.2, 0) is 0 Å². The van der Waals surface area contributed by atoms with Gasteiger partial charge < -0.3 is 27.1 Å². The highest BCUT2D eigenvalue weighted by Crippen LogP contribution is 2.48. The van der Waals surface area contributed by atoms with Crippen LogP contribution in [0.5, 0.6) is 0 Å². The van der Waals surface area contributed by atoms with E-state index in [1.165, 1.54) is 132 Å². The molecule has 0 radical (unpaired) electrons. The first-order valence-corrected chi connectivity index (χ1v) is 45.2. The van der Waals surface area contributed by atoms with Crippen LogP contribution in [0.3, 0.4) is 0 Å². The van der Waals surface area contributed by atoms with Gasteiger partial charge in [-0.1, -0.05) is 334 Å². The molecule has 6 heterocycles. The maximum absolute atomic E-state index is 6.60. The Bertz CT molecular complexity index is 9000. The Morgan fingerprint density at radius 2 is 0.364 bits per heavy atom. The lowest BCUT2D eigenvalue weighted by molar-refractivity contribution is 0.669. The number of hydrogen-bond acceptors (Lipinski definition) is 2. The second-order valence-corrected chi connectivity index (χ2v) is 34.5. The Kier molecular flexibility index (Phi) is 17.9. The van der Waals surface area contributed by atoms with Crippen molar-refractivity contribution in [3.05, 3.63) is 485 Å². The van der Waals surface area contributed by atoms with Crippen LogP contribution >= 0.6 is 0 Å². The highest BCUT2D eigenvalue weighted by Gasteiger charge is 2.25. The average molecular weight is 1680 g/mol. The van der Waals surface area contributed by atoms with Gasteiger partial charge in [0.15, 0.2) is 0 Å². The van der Waals surface area contributed by atoms with Crippen molar-refractivity contribution in [1.29, 1.82) is 0 Å². The molecule has 616 valence electrons. The molecule has 0 saturated heterocycles. The van der Waals surface area contributed by atoms with Crippen molar-refractivity contribution in [1.82, 2.24) is 18.3 Å². The maximum Gasteiger partial charge on any atom is 0.143 e. The predicted octanol–water partition coefficient (Wildman–Crippen LogP) is 34.6. The number of hydrogen-bond donors (Lipinski definition) is 0. The quantitative estimate of drug-likeness (QED) is 0.115. The van der Waals surface area contributed by atoms with Gasteiger partial charge in [0.25, 0.3) is 0 Å². The van der Waals surface area contributed by atoms with Crippen molar-refractivity contribution in [2.24, 2.45) is 0 Å². The molecule has 0 N–H and O–H groups in total. The fourth-order valence-electron chi connectivity index (χ4n) is 20.9. The van der Waals surface area contributed by atoms with Crippen molar-refractivity contribution in [2.75, 3.05) is 0 Å². The highest BCUT2D eigenvalue weighted by atomic mass is 16.3. The van der Waals surface area contributed by atoms with Crippen LogP contribution in [-0.4, -0.2) is 18.3 Å². The van der Waals surface area contributed by atoms with E-state index in [9.17, 15) is 0 Å². The van der Waals surface area contributed by atoms with Crippen molar-refractivity contribution in [3.63, 3.8) is 0 Å². The van der Waals surface area contributed by atoms with E-state index in [-0.39, 0.29) is 0 Å². The lowest BCUT2D eigenvalue weighted by Gasteiger charge is -2.15. The summed E-state index contributed by atoms with van der Waals surface area (Å²) >= 11 is 0. The molecule has 0 aliphatic carbocycles. The van der Waals surface area contributed by atoms with Crippen molar-refractivity contribution >= 4 is 131 Å². The van der Waals surface area contributed by atoms with Crippen molar-refractivity contribution in [3.8, 4) is 123 Å². The lowest BCUT2D eigenvalue weighted by atomic mass is 9.96. The summed E-state index contributed by atoms with van der Waals surface area (Å²) in [6.45, 7) is 0. The molecule has 27 rings (SSSR count). The van der Waals surface area contributed by atoms with Crippen LogP contribution in [0.2, 0.25) is 0 Å². The molecular formula is C126H80N4O2. The third kappa shape index (κ3) is 12.6. The van der Waals surface area contributed by atoms with Crippen LogP contribution in [0.4, 0.5) is 0 Å². The Morgan fingerprint density at radius 3 is 0.750 bits per heavy atom. The predicted molar refractivity (Wildman–Crippen MR) is 554 cm³/mol. The molecule has 0 fully saturated rings. The topological polar surface area (TPSA) is 46.0 Å². The zero-order valence-corrected chi connectivity index (χ0v) is 71.8. The minimum atomic E-state index is 0.893. The second-order valence-electron chi connectivity index (χ2n) is 34.5. The number of furan rings is 2. The van der Waals surface area contributed by atoms with E-state index >= 15 is 0 Å². The molecule has 0 spiro atoms.